The van der Waals surface area contributed by atoms with E-state index in [4.69, 9.17) is 5.73 Å². The number of hydrogen-bond acceptors (Lipinski definition) is 5. The largest absolute Gasteiger partial charge is 0.368 e. The van der Waals surface area contributed by atoms with Crippen LogP contribution < -0.4 is 16.4 Å². The van der Waals surface area contributed by atoms with E-state index in [0.717, 1.165) is 12.8 Å². The quantitative estimate of drug-likeness (QED) is 0.768. The second-order valence-electron chi connectivity index (χ2n) is 4.07. The maximum absolute atomic E-state index is 11.7. The van der Waals surface area contributed by atoms with Crippen molar-refractivity contribution >= 4 is 33.6 Å². The highest BCUT2D eigenvalue weighted by Crippen LogP contribution is 2.21. The lowest BCUT2D eigenvalue weighted by Gasteiger charge is -2.15. The zero-order valence-corrected chi connectivity index (χ0v) is 11.0. The molecule has 1 heterocycles. The van der Waals surface area contributed by atoms with Crippen LogP contribution in [0.1, 0.15) is 19.8 Å². The van der Waals surface area contributed by atoms with Gasteiger partial charge in [-0.1, -0.05) is 0 Å². The number of nitrogen functional groups attached to an aromatic ring is 1. The fraction of sp³-hybridized carbons (Fsp3) is 0.500. The highest BCUT2D eigenvalue weighted by Gasteiger charge is 2.25. The Morgan fingerprint density at radius 1 is 1.65 bits per heavy atom. The maximum Gasteiger partial charge on any atom is 0.242 e. The van der Waals surface area contributed by atoms with E-state index in [1.807, 2.05) is 0 Å². The molecule has 0 spiro atoms. The van der Waals surface area contributed by atoms with Gasteiger partial charge in [0.2, 0.25) is 11.9 Å². The molecule has 2 rings (SSSR count). The van der Waals surface area contributed by atoms with Crippen LogP contribution in [0.15, 0.2) is 10.7 Å². The molecular weight excluding hydrogens is 286 g/mol. The fourth-order valence-electron chi connectivity index (χ4n) is 1.31. The molecule has 4 N–H and O–H groups in total. The van der Waals surface area contributed by atoms with Crippen LogP contribution in [-0.2, 0) is 4.79 Å². The minimum atomic E-state index is -0.360. The zero-order valence-electron chi connectivity index (χ0n) is 9.40. The number of nitrogens with one attached hydrogen (secondary N) is 2. The van der Waals surface area contributed by atoms with Gasteiger partial charge in [-0.15, -0.1) is 0 Å². The molecule has 0 aliphatic heterocycles. The number of anilines is 2. The number of carbonyl (C=O) groups is 1. The normalized spacial score (nSPS) is 16.4. The molecule has 1 amide bonds. The molecule has 1 aromatic heterocycles. The van der Waals surface area contributed by atoms with Crippen LogP contribution in [0.2, 0.25) is 0 Å². The Hall–Kier alpha value is -1.37. The third kappa shape index (κ3) is 3.29. The highest BCUT2D eigenvalue weighted by atomic mass is 79.9. The first-order chi connectivity index (χ1) is 8.06. The molecule has 0 bridgehead atoms. The van der Waals surface area contributed by atoms with E-state index in [2.05, 4.69) is 36.5 Å². The van der Waals surface area contributed by atoms with Gasteiger partial charge in [0.25, 0.3) is 0 Å². The van der Waals surface area contributed by atoms with Gasteiger partial charge in [-0.05, 0) is 35.7 Å². The summed E-state index contributed by atoms with van der Waals surface area (Å²) in [6.07, 6.45) is 3.70. The standard InChI is InChI=1S/C10H14BrN5O/c1-5(9(17)15-6-2-3-6)14-8-7(11)4-13-10(12)16-8/h4-6H,2-3H2,1H3,(H,15,17)(H3,12,13,14,16). The second-order valence-corrected chi connectivity index (χ2v) is 4.93. The predicted octanol–water partition coefficient (Wildman–Crippen LogP) is 0.900. The summed E-state index contributed by atoms with van der Waals surface area (Å²) in [6, 6.07) is -0.00754. The highest BCUT2D eigenvalue weighted by molar-refractivity contribution is 9.10. The van der Waals surface area contributed by atoms with Gasteiger partial charge in [0, 0.05) is 12.2 Å². The van der Waals surface area contributed by atoms with Crippen molar-refractivity contribution in [3.05, 3.63) is 10.7 Å². The van der Waals surface area contributed by atoms with Gasteiger partial charge in [0.15, 0.2) is 0 Å². The Morgan fingerprint density at radius 2 is 2.35 bits per heavy atom. The smallest absolute Gasteiger partial charge is 0.242 e. The summed E-state index contributed by atoms with van der Waals surface area (Å²) in [5.74, 6) is 0.665. The third-order valence-electron chi connectivity index (χ3n) is 2.43. The molecule has 1 atom stereocenters. The van der Waals surface area contributed by atoms with E-state index in [0.29, 0.717) is 16.3 Å². The van der Waals surface area contributed by atoms with Crippen molar-refractivity contribution in [1.82, 2.24) is 15.3 Å². The van der Waals surface area contributed by atoms with Crippen LogP contribution in [0.5, 0.6) is 0 Å². The molecular formula is C10H14BrN5O. The average molecular weight is 300 g/mol. The summed E-state index contributed by atoms with van der Waals surface area (Å²) >= 11 is 3.30. The third-order valence-corrected chi connectivity index (χ3v) is 3.01. The minimum absolute atomic E-state index is 0.0309. The lowest BCUT2D eigenvalue weighted by molar-refractivity contribution is -0.121. The molecule has 7 heteroatoms. The SMILES string of the molecule is CC(Nc1nc(N)ncc1Br)C(=O)NC1CC1. The first-order valence-corrected chi connectivity index (χ1v) is 6.20. The molecule has 1 saturated carbocycles. The second kappa shape index (κ2) is 4.87. The van der Waals surface area contributed by atoms with E-state index >= 15 is 0 Å². The van der Waals surface area contributed by atoms with Crippen LogP contribution in [0.4, 0.5) is 11.8 Å². The van der Waals surface area contributed by atoms with Gasteiger partial charge in [-0.3, -0.25) is 4.79 Å². The Morgan fingerprint density at radius 3 is 3.00 bits per heavy atom. The average Bonchev–Trinajstić information content (AvgIpc) is 3.07. The predicted molar refractivity (Wildman–Crippen MR) is 68.4 cm³/mol. The van der Waals surface area contributed by atoms with Gasteiger partial charge in [-0.25, -0.2) is 4.98 Å². The van der Waals surface area contributed by atoms with E-state index in [9.17, 15) is 4.79 Å². The van der Waals surface area contributed by atoms with Crippen LogP contribution in [0, 0.1) is 0 Å². The van der Waals surface area contributed by atoms with Crippen molar-refractivity contribution in [3.63, 3.8) is 0 Å². The minimum Gasteiger partial charge on any atom is -0.368 e. The lowest BCUT2D eigenvalue weighted by Crippen LogP contribution is -2.39. The first kappa shape index (κ1) is 12.1. The summed E-state index contributed by atoms with van der Waals surface area (Å²) in [5.41, 5.74) is 5.49. The fourth-order valence-corrected chi connectivity index (χ4v) is 1.61. The molecule has 17 heavy (non-hydrogen) atoms. The monoisotopic (exact) mass is 299 g/mol. The first-order valence-electron chi connectivity index (χ1n) is 5.41. The van der Waals surface area contributed by atoms with E-state index in [1.165, 1.54) is 0 Å². The van der Waals surface area contributed by atoms with E-state index in [1.54, 1.807) is 13.1 Å². The number of carbonyl (C=O) groups excluding carboxylic acids is 1. The molecule has 0 aromatic carbocycles. The van der Waals surface area contributed by atoms with Crippen molar-refractivity contribution < 1.29 is 4.79 Å². The molecule has 6 nitrogen and oxygen atoms in total. The van der Waals surface area contributed by atoms with Gasteiger partial charge < -0.3 is 16.4 Å². The molecule has 1 aliphatic rings. The summed E-state index contributed by atoms with van der Waals surface area (Å²) in [4.78, 5) is 19.6. The summed E-state index contributed by atoms with van der Waals surface area (Å²) < 4.78 is 0.678. The molecule has 1 aliphatic carbocycles. The number of aromatic nitrogens is 2. The van der Waals surface area contributed by atoms with Crippen LogP contribution in [0.3, 0.4) is 0 Å². The molecule has 1 fully saturated rings. The van der Waals surface area contributed by atoms with Crippen LogP contribution in [0.25, 0.3) is 0 Å². The molecule has 1 aromatic rings. The van der Waals surface area contributed by atoms with Gasteiger partial charge in [0.1, 0.15) is 11.9 Å². The maximum atomic E-state index is 11.7. The molecule has 0 radical (unpaired) electrons. The topological polar surface area (TPSA) is 92.9 Å². The van der Waals surface area contributed by atoms with Gasteiger partial charge >= 0.3 is 0 Å². The van der Waals surface area contributed by atoms with Crippen molar-refractivity contribution in [3.8, 4) is 0 Å². The van der Waals surface area contributed by atoms with Gasteiger partial charge in [0.05, 0.1) is 4.47 Å². The number of rotatable bonds is 4. The summed E-state index contributed by atoms with van der Waals surface area (Å²) in [6.45, 7) is 1.78. The number of halogens is 1. The zero-order chi connectivity index (χ0) is 12.4. The Kier molecular flexibility index (Phi) is 3.46. The van der Waals surface area contributed by atoms with Crippen molar-refractivity contribution in [2.75, 3.05) is 11.1 Å². The molecule has 1 unspecified atom stereocenters. The van der Waals surface area contributed by atoms with Crippen molar-refractivity contribution in [1.29, 1.82) is 0 Å². The number of nitrogens with zero attached hydrogens (tertiary/aromatic N) is 2. The van der Waals surface area contributed by atoms with E-state index in [-0.39, 0.29) is 17.9 Å². The summed E-state index contributed by atoms with van der Waals surface area (Å²) in [5, 5.41) is 5.91. The van der Waals surface area contributed by atoms with Crippen molar-refractivity contribution in [2.45, 2.75) is 31.8 Å². The Labute approximate surface area is 108 Å². The Balaban J connectivity index is 1.98. The number of nitrogens with two attached hydrogens (primary N) is 1. The number of amides is 1. The summed E-state index contributed by atoms with van der Waals surface area (Å²) in [7, 11) is 0. The van der Waals surface area contributed by atoms with Crippen molar-refractivity contribution in [2.24, 2.45) is 0 Å². The number of hydrogen-bond donors (Lipinski definition) is 3. The van der Waals surface area contributed by atoms with Crippen LogP contribution >= 0.6 is 15.9 Å². The van der Waals surface area contributed by atoms with Gasteiger partial charge in [-0.2, -0.15) is 4.98 Å². The Bertz CT molecular complexity index is 435. The molecule has 92 valence electrons. The van der Waals surface area contributed by atoms with Crippen LogP contribution in [-0.4, -0.2) is 28.0 Å². The van der Waals surface area contributed by atoms with E-state index < -0.39 is 0 Å². The lowest BCUT2D eigenvalue weighted by atomic mass is 10.3. The molecule has 0 saturated heterocycles.